The Bertz CT molecular complexity index is 832. The summed E-state index contributed by atoms with van der Waals surface area (Å²) in [6.45, 7) is -0.418. The highest BCUT2D eigenvalue weighted by atomic mass is 16.8. The van der Waals surface area contributed by atoms with Crippen molar-refractivity contribution < 1.29 is 49.2 Å². The van der Waals surface area contributed by atoms with Crippen LogP contribution in [0.3, 0.4) is 0 Å². The Hall–Kier alpha value is -1.29. The van der Waals surface area contributed by atoms with Gasteiger partial charge >= 0.3 is 0 Å². The van der Waals surface area contributed by atoms with Gasteiger partial charge in [-0.2, -0.15) is 0 Å². The fourth-order valence-electron chi connectivity index (χ4n) is 5.75. The van der Waals surface area contributed by atoms with Crippen molar-refractivity contribution >= 4 is 5.96 Å². The van der Waals surface area contributed by atoms with E-state index in [1.807, 2.05) is 0 Å². The fourth-order valence-corrected chi connectivity index (χ4v) is 5.75. The van der Waals surface area contributed by atoms with Crippen molar-refractivity contribution in [3.63, 3.8) is 0 Å². The van der Waals surface area contributed by atoms with Crippen LogP contribution in [0.5, 0.6) is 0 Å². The number of fused-ring (bicyclic) bond motifs is 1. The second kappa shape index (κ2) is 12.7. The molecule has 0 aromatic carbocycles. The lowest BCUT2D eigenvalue weighted by molar-refractivity contribution is -0.367. The van der Waals surface area contributed by atoms with Gasteiger partial charge in [0.25, 0.3) is 0 Å². The summed E-state index contributed by atoms with van der Waals surface area (Å²) in [5, 5.41) is 65.2. The molecule has 0 spiro atoms. The minimum absolute atomic E-state index is 0.0722. The van der Waals surface area contributed by atoms with E-state index in [0.717, 1.165) is 0 Å². The third-order valence-corrected chi connectivity index (χ3v) is 7.89. The third kappa shape index (κ3) is 6.47. The predicted molar refractivity (Wildman–Crippen MR) is 133 cm³/mol. The molecule has 1 aliphatic carbocycles. The number of rotatable bonds is 7. The highest BCUT2D eigenvalue weighted by molar-refractivity contribution is 5.74. The van der Waals surface area contributed by atoms with Crippen LogP contribution in [0.15, 0.2) is 0 Å². The summed E-state index contributed by atoms with van der Waals surface area (Å²) < 4.78 is 29.7. The third-order valence-electron chi connectivity index (χ3n) is 7.89. The molecule has 3 saturated heterocycles. The first kappa shape index (κ1) is 30.7. The van der Waals surface area contributed by atoms with E-state index in [4.69, 9.17) is 52.0 Å². The number of nitrogens with two attached hydrogens (primary N) is 4. The van der Waals surface area contributed by atoms with Gasteiger partial charge in [0.1, 0.15) is 36.6 Å². The van der Waals surface area contributed by atoms with Crippen LogP contribution in [0.1, 0.15) is 19.3 Å². The van der Waals surface area contributed by atoms with Gasteiger partial charge in [0.05, 0.1) is 36.9 Å². The molecule has 39 heavy (non-hydrogen) atoms. The van der Waals surface area contributed by atoms with E-state index < -0.39 is 105 Å². The molecule has 16 atom stereocenters. The minimum Gasteiger partial charge on any atom is -0.394 e. The maximum absolute atomic E-state index is 11.2. The SMILES string of the molecule is CNC1C(O[C@H]2OC(CO)[C@@H](NC(=N)N)C[C@H]2O)O[C@H]2CC(N)[C@@H](O[C@@H]3C(N)C[C@@H](N)C(O)[C@H]3O)OC2C1O. The van der Waals surface area contributed by atoms with Crippen LogP contribution in [0.2, 0.25) is 0 Å². The Morgan fingerprint density at radius 3 is 2.23 bits per heavy atom. The zero-order valence-electron chi connectivity index (χ0n) is 21.7. The van der Waals surface area contributed by atoms with E-state index in [1.54, 1.807) is 7.05 Å². The molecule has 3 aliphatic heterocycles. The maximum Gasteiger partial charge on any atom is 0.187 e. The second-order valence-electron chi connectivity index (χ2n) is 10.7. The molecule has 0 aromatic heterocycles. The predicted octanol–water partition coefficient (Wildman–Crippen LogP) is -6.40. The van der Waals surface area contributed by atoms with Gasteiger partial charge in [0, 0.05) is 18.5 Å². The molecular formula is C22H43N7O10. The van der Waals surface area contributed by atoms with E-state index in [1.165, 1.54) is 0 Å². The van der Waals surface area contributed by atoms with E-state index >= 15 is 0 Å². The van der Waals surface area contributed by atoms with Crippen molar-refractivity contribution in [2.45, 2.75) is 117 Å². The normalized spacial score (nSPS) is 50.7. The molecule has 0 radical (unpaired) electrons. The summed E-state index contributed by atoms with van der Waals surface area (Å²) in [6, 6.07) is -3.56. The summed E-state index contributed by atoms with van der Waals surface area (Å²) >= 11 is 0. The summed E-state index contributed by atoms with van der Waals surface area (Å²) in [5.41, 5.74) is 23.6. The van der Waals surface area contributed by atoms with E-state index in [0.29, 0.717) is 0 Å². The highest BCUT2D eigenvalue weighted by Gasteiger charge is 2.53. The largest absolute Gasteiger partial charge is 0.394 e. The second-order valence-corrected chi connectivity index (χ2v) is 10.7. The molecule has 4 aliphatic rings. The average molecular weight is 566 g/mol. The molecule has 1 saturated carbocycles. The Kier molecular flexibility index (Phi) is 9.99. The summed E-state index contributed by atoms with van der Waals surface area (Å²) in [5.74, 6) is -0.329. The molecule has 17 nitrogen and oxygen atoms in total. The molecule has 17 heteroatoms. The summed E-state index contributed by atoms with van der Waals surface area (Å²) in [7, 11) is 1.58. The van der Waals surface area contributed by atoms with Crippen LogP contribution in [0.25, 0.3) is 0 Å². The van der Waals surface area contributed by atoms with Crippen LogP contribution in [-0.2, 0) is 23.7 Å². The molecule has 0 bridgehead atoms. The number of ether oxygens (including phenoxy) is 5. The lowest BCUT2D eigenvalue weighted by Gasteiger charge is -2.51. The number of guanidine groups is 1. The highest BCUT2D eigenvalue weighted by Crippen LogP contribution is 2.35. The summed E-state index contributed by atoms with van der Waals surface area (Å²) in [4.78, 5) is 0. The van der Waals surface area contributed by atoms with E-state index in [2.05, 4.69) is 10.6 Å². The molecule has 4 rings (SSSR count). The van der Waals surface area contributed by atoms with Crippen molar-refractivity contribution in [2.24, 2.45) is 22.9 Å². The Morgan fingerprint density at radius 2 is 1.59 bits per heavy atom. The number of aliphatic hydroxyl groups excluding tert-OH is 5. The first-order chi connectivity index (χ1) is 18.4. The van der Waals surface area contributed by atoms with Gasteiger partial charge in [0.2, 0.25) is 0 Å². The van der Waals surface area contributed by atoms with Crippen molar-refractivity contribution in [3.05, 3.63) is 0 Å². The number of nitrogens with one attached hydrogen (secondary N) is 3. The molecular weight excluding hydrogens is 522 g/mol. The van der Waals surface area contributed by atoms with E-state index in [-0.39, 0.29) is 25.2 Å². The van der Waals surface area contributed by atoms with Crippen molar-refractivity contribution in [2.75, 3.05) is 13.7 Å². The quantitative estimate of drug-likeness (QED) is 0.101. The van der Waals surface area contributed by atoms with Gasteiger partial charge in [-0.15, -0.1) is 0 Å². The zero-order chi connectivity index (χ0) is 28.6. The van der Waals surface area contributed by atoms with Crippen molar-refractivity contribution in [3.8, 4) is 0 Å². The molecule has 3 heterocycles. The van der Waals surface area contributed by atoms with Crippen molar-refractivity contribution in [1.29, 1.82) is 5.41 Å². The number of hydrogen-bond acceptors (Lipinski definition) is 15. The zero-order valence-corrected chi connectivity index (χ0v) is 21.7. The first-order valence-corrected chi connectivity index (χ1v) is 13.1. The Labute approximate surface area is 225 Å². The van der Waals surface area contributed by atoms with Crippen LogP contribution in [-0.4, -0.2) is 143 Å². The van der Waals surface area contributed by atoms with Crippen LogP contribution < -0.4 is 33.6 Å². The smallest absolute Gasteiger partial charge is 0.187 e. The van der Waals surface area contributed by atoms with E-state index in [9.17, 15) is 25.5 Å². The standard InChI is InChI=1S/C22H43N7O10/c1-28-13-15(33)18-11(3-8(25)19(38-18)37-17-7(24)2-6(23)14(32)16(17)34)35-21(13)39-20-10(31)4-9(29-22(26)27)12(5-30)36-20/h6-21,28,30-34H,2-5,23-25H2,1H3,(H4,26,27,29)/t6-,7?,8?,9+,10-,11+,12?,13?,14?,15?,16-,17-,18?,19+,20-,21?/m1/s1. The number of likely N-dealkylation sites (N-methyl/N-ethyl adjacent to an activating group) is 1. The van der Waals surface area contributed by atoms with Gasteiger partial charge in [-0.1, -0.05) is 0 Å². The first-order valence-electron chi connectivity index (χ1n) is 13.1. The lowest BCUT2D eigenvalue weighted by atomic mass is 9.84. The van der Waals surface area contributed by atoms with Gasteiger partial charge < -0.3 is 82.8 Å². The van der Waals surface area contributed by atoms with Crippen LogP contribution in [0.4, 0.5) is 0 Å². The molecule has 8 unspecified atom stereocenters. The summed E-state index contributed by atoms with van der Waals surface area (Å²) in [6.07, 6.45) is -11.2. The molecule has 4 fully saturated rings. The maximum atomic E-state index is 11.2. The van der Waals surface area contributed by atoms with Crippen LogP contribution in [0, 0.1) is 5.41 Å². The van der Waals surface area contributed by atoms with Gasteiger partial charge in [-0.3, -0.25) is 5.41 Å². The number of hydrogen-bond donors (Lipinski definition) is 12. The average Bonchev–Trinajstić information content (AvgIpc) is 2.87. The van der Waals surface area contributed by atoms with Crippen molar-refractivity contribution in [1.82, 2.24) is 10.6 Å². The Morgan fingerprint density at radius 1 is 0.872 bits per heavy atom. The molecule has 226 valence electrons. The number of aliphatic hydroxyl groups is 5. The lowest BCUT2D eigenvalue weighted by Crippen LogP contribution is -2.69. The Balaban J connectivity index is 1.41. The fraction of sp³-hybridized carbons (Fsp3) is 0.955. The molecule has 0 aromatic rings. The molecule has 16 N–H and O–H groups in total. The van der Waals surface area contributed by atoms with Gasteiger partial charge in [-0.05, 0) is 19.9 Å². The minimum atomic E-state index is -1.34. The van der Waals surface area contributed by atoms with Crippen LogP contribution >= 0.6 is 0 Å². The monoisotopic (exact) mass is 565 g/mol. The molecule has 0 amide bonds. The topological polar surface area (TPSA) is 299 Å². The van der Waals surface area contributed by atoms with Gasteiger partial charge in [0.15, 0.2) is 24.8 Å². The van der Waals surface area contributed by atoms with Gasteiger partial charge in [-0.25, -0.2) is 0 Å².